The van der Waals surface area contributed by atoms with Gasteiger partial charge >= 0.3 is 0 Å². The Kier molecular flexibility index (Phi) is 3.25. The summed E-state index contributed by atoms with van der Waals surface area (Å²) in [6, 6.07) is 8.64. The van der Waals surface area contributed by atoms with Crippen LogP contribution in [-0.4, -0.2) is 12.0 Å². The number of nitrogens with zero attached hydrogens (tertiary/aromatic N) is 1. The number of hydrogen-bond acceptors (Lipinski definition) is 3. The maximum atomic E-state index is 4.46. The van der Waals surface area contributed by atoms with Crippen molar-refractivity contribution in [3.05, 3.63) is 46.0 Å². The second-order valence-corrected chi connectivity index (χ2v) is 5.03. The molecule has 0 spiro atoms. The van der Waals surface area contributed by atoms with Gasteiger partial charge in [0.25, 0.3) is 0 Å². The number of hydrogen-bond donors (Lipinski definition) is 1. The highest BCUT2D eigenvalue weighted by atomic mass is 32.1. The van der Waals surface area contributed by atoms with Gasteiger partial charge in [0.1, 0.15) is 0 Å². The smallest absolute Gasteiger partial charge is 0.182 e. The molecule has 3 heteroatoms. The van der Waals surface area contributed by atoms with E-state index in [1.54, 1.807) is 11.3 Å². The zero-order valence-electron chi connectivity index (χ0n) is 9.87. The Morgan fingerprint density at radius 1 is 1.31 bits per heavy atom. The van der Waals surface area contributed by atoms with Gasteiger partial charge in [-0.3, -0.25) is 0 Å². The van der Waals surface area contributed by atoms with E-state index in [0.717, 1.165) is 17.2 Å². The van der Waals surface area contributed by atoms with E-state index < -0.39 is 0 Å². The van der Waals surface area contributed by atoms with Gasteiger partial charge in [0.15, 0.2) is 5.13 Å². The molecule has 0 saturated heterocycles. The molecule has 0 amide bonds. The van der Waals surface area contributed by atoms with Crippen molar-refractivity contribution in [3.63, 3.8) is 0 Å². The molecule has 2 aromatic rings. The maximum Gasteiger partial charge on any atom is 0.182 e. The Labute approximate surface area is 100 Å². The van der Waals surface area contributed by atoms with Crippen molar-refractivity contribution in [2.24, 2.45) is 0 Å². The molecule has 0 fully saturated rings. The average Bonchev–Trinajstić information content (AvgIpc) is 2.60. The predicted molar refractivity (Wildman–Crippen MR) is 70.4 cm³/mol. The van der Waals surface area contributed by atoms with Crippen molar-refractivity contribution in [2.75, 3.05) is 12.4 Å². The lowest BCUT2D eigenvalue weighted by Crippen LogP contribution is -1.88. The highest BCUT2D eigenvalue weighted by Gasteiger charge is 2.07. The molecule has 1 aromatic carbocycles. The lowest BCUT2D eigenvalue weighted by Gasteiger charge is -2.00. The highest BCUT2D eigenvalue weighted by Crippen LogP contribution is 2.24. The number of thiazole rings is 1. The van der Waals surface area contributed by atoms with Gasteiger partial charge in [-0.25, -0.2) is 4.98 Å². The average molecular weight is 232 g/mol. The van der Waals surface area contributed by atoms with Crippen molar-refractivity contribution in [2.45, 2.75) is 20.3 Å². The molecule has 1 aromatic heterocycles. The summed E-state index contributed by atoms with van der Waals surface area (Å²) in [7, 11) is 1.91. The monoisotopic (exact) mass is 232 g/mol. The zero-order valence-corrected chi connectivity index (χ0v) is 10.7. The van der Waals surface area contributed by atoms with Crippen LogP contribution in [0.15, 0.2) is 24.3 Å². The summed E-state index contributed by atoms with van der Waals surface area (Å²) in [5.74, 6) is 0. The number of nitrogens with one attached hydrogen (secondary N) is 1. The Morgan fingerprint density at radius 2 is 2.12 bits per heavy atom. The van der Waals surface area contributed by atoms with Crippen LogP contribution in [0.2, 0.25) is 0 Å². The van der Waals surface area contributed by atoms with Crippen LogP contribution >= 0.6 is 11.3 Å². The molecule has 0 saturated carbocycles. The molecule has 2 rings (SSSR count). The second-order valence-electron chi connectivity index (χ2n) is 3.94. The normalized spacial score (nSPS) is 10.4. The summed E-state index contributed by atoms with van der Waals surface area (Å²) in [4.78, 5) is 5.80. The third-order valence-electron chi connectivity index (χ3n) is 2.55. The first kappa shape index (κ1) is 11.1. The summed E-state index contributed by atoms with van der Waals surface area (Å²) in [5, 5.41) is 4.09. The van der Waals surface area contributed by atoms with Crippen LogP contribution in [0.25, 0.3) is 0 Å². The quantitative estimate of drug-likeness (QED) is 0.877. The first-order valence-corrected chi connectivity index (χ1v) is 6.20. The van der Waals surface area contributed by atoms with Gasteiger partial charge in [-0.05, 0) is 19.4 Å². The SMILES string of the molecule is CNc1nc(C)c(Cc2cccc(C)c2)s1. The first-order chi connectivity index (χ1) is 7.69. The Balaban J connectivity index is 2.23. The number of benzene rings is 1. The summed E-state index contributed by atoms with van der Waals surface area (Å²) < 4.78 is 0. The predicted octanol–water partition coefficient (Wildman–Crippen LogP) is 3.39. The molecule has 0 aliphatic carbocycles. The fraction of sp³-hybridized carbons (Fsp3) is 0.308. The molecule has 0 radical (unpaired) electrons. The zero-order chi connectivity index (χ0) is 11.5. The maximum absolute atomic E-state index is 4.46. The van der Waals surface area contributed by atoms with Crippen LogP contribution in [0.3, 0.4) is 0 Å². The lowest BCUT2D eigenvalue weighted by atomic mass is 10.1. The second kappa shape index (κ2) is 4.66. The van der Waals surface area contributed by atoms with E-state index in [1.165, 1.54) is 16.0 Å². The van der Waals surface area contributed by atoms with Crippen molar-refractivity contribution >= 4 is 16.5 Å². The van der Waals surface area contributed by atoms with Crippen LogP contribution in [-0.2, 0) is 6.42 Å². The highest BCUT2D eigenvalue weighted by molar-refractivity contribution is 7.15. The van der Waals surface area contributed by atoms with Crippen molar-refractivity contribution in [3.8, 4) is 0 Å². The number of rotatable bonds is 3. The fourth-order valence-corrected chi connectivity index (χ4v) is 2.66. The molecule has 0 aliphatic rings. The van der Waals surface area contributed by atoms with Gasteiger partial charge in [-0.1, -0.05) is 29.8 Å². The summed E-state index contributed by atoms with van der Waals surface area (Å²) >= 11 is 1.74. The van der Waals surface area contributed by atoms with Crippen LogP contribution < -0.4 is 5.32 Å². The van der Waals surface area contributed by atoms with Crippen LogP contribution in [0.5, 0.6) is 0 Å². The fourth-order valence-electron chi connectivity index (χ4n) is 1.71. The third-order valence-corrected chi connectivity index (χ3v) is 3.73. The number of anilines is 1. The van der Waals surface area contributed by atoms with Gasteiger partial charge < -0.3 is 5.32 Å². The minimum Gasteiger partial charge on any atom is -0.365 e. The Bertz CT molecular complexity index is 488. The molecule has 0 aliphatic heterocycles. The minimum absolute atomic E-state index is 0.979. The minimum atomic E-state index is 0.979. The molecule has 0 unspecified atom stereocenters. The molecular formula is C13H16N2S. The standard InChI is InChI=1S/C13H16N2S/c1-9-5-4-6-11(7-9)8-12-10(2)15-13(14-3)16-12/h4-7H,8H2,1-3H3,(H,14,15). The number of aromatic nitrogens is 1. The summed E-state index contributed by atoms with van der Waals surface area (Å²) in [6.45, 7) is 4.20. The Hall–Kier alpha value is -1.35. The van der Waals surface area contributed by atoms with Gasteiger partial charge in [-0.2, -0.15) is 0 Å². The van der Waals surface area contributed by atoms with E-state index in [-0.39, 0.29) is 0 Å². The van der Waals surface area contributed by atoms with Crippen LogP contribution in [0.1, 0.15) is 21.7 Å². The van der Waals surface area contributed by atoms with Gasteiger partial charge in [-0.15, -0.1) is 11.3 Å². The van der Waals surface area contributed by atoms with Crippen molar-refractivity contribution < 1.29 is 0 Å². The van der Waals surface area contributed by atoms with E-state index in [2.05, 4.69) is 48.4 Å². The molecule has 16 heavy (non-hydrogen) atoms. The summed E-state index contributed by atoms with van der Waals surface area (Å²) in [6.07, 6.45) is 0.979. The van der Waals surface area contributed by atoms with E-state index >= 15 is 0 Å². The molecule has 84 valence electrons. The molecule has 1 heterocycles. The first-order valence-electron chi connectivity index (χ1n) is 5.38. The lowest BCUT2D eigenvalue weighted by molar-refractivity contribution is 1.14. The van der Waals surface area contributed by atoms with Crippen molar-refractivity contribution in [1.29, 1.82) is 0 Å². The van der Waals surface area contributed by atoms with E-state index in [1.807, 2.05) is 7.05 Å². The van der Waals surface area contributed by atoms with E-state index in [0.29, 0.717) is 0 Å². The van der Waals surface area contributed by atoms with E-state index in [9.17, 15) is 0 Å². The van der Waals surface area contributed by atoms with E-state index in [4.69, 9.17) is 0 Å². The van der Waals surface area contributed by atoms with Crippen LogP contribution in [0.4, 0.5) is 5.13 Å². The third kappa shape index (κ3) is 2.42. The van der Waals surface area contributed by atoms with Crippen molar-refractivity contribution in [1.82, 2.24) is 4.98 Å². The van der Waals surface area contributed by atoms with Gasteiger partial charge in [0, 0.05) is 18.3 Å². The molecule has 0 bridgehead atoms. The van der Waals surface area contributed by atoms with Crippen LogP contribution in [0, 0.1) is 13.8 Å². The van der Waals surface area contributed by atoms with Gasteiger partial charge in [0.05, 0.1) is 5.69 Å². The molecule has 1 N–H and O–H groups in total. The number of aryl methyl sites for hydroxylation is 2. The topological polar surface area (TPSA) is 24.9 Å². The Morgan fingerprint density at radius 3 is 2.75 bits per heavy atom. The molecule has 0 atom stereocenters. The molecule has 2 nitrogen and oxygen atoms in total. The summed E-state index contributed by atoms with van der Waals surface area (Å²) in [5.41, 5.74) is 3.80. The molecular weight excluding hydrogens is 216 g/mol. The largest absolute Gasteiger partial charge is 0.365 e. The van der Waals surface area contributed by atoms with Gasteiger partial charge in [0.2, 0.25) is 0 Å².